The summed E-state index contributed by atoms with van der Waals surface area (Å²) < 4.78 is 5.62. The summed E-state index contributed by atoms with van der Waals surface area (Å²) >= 11 is 0. The van der Waals surface area contributed by atoms with E-state index in [-0.39, 0.29) is 0 Å². The van der Waals surface area contributed by atoms with E-state index in [0.717, 1.165) is 25.2 Å². The van der Waals surface area contributed by atoms with Crippen molar-refractivity contribution in [3.8, 4) is 0 Å². The molecule has 3 fully saturated rings. The molecule has 0 amide bonds. The van der Waals surface area contributed by atoms with Crippen LogP contribution in [0.3, 0.4) is 0 Å². The molecule has 2 N–H and O–H groups in total. The highest BCUT2D eigenvalue weighted by molar-refractivity contribution is 5.80. The Morgan fingerprint density at radius 3 is 2.89 bits per heavy atom. The highest BCUT2D eigenvalue weighted by Crippen LogP contribution is 2.29. The first-order chi connectivity index (χ1) is 9.35. The molecule has 1 saturated carbocycles. The first-order valence-electron chi connectivity index (χ1n) is 7.68. The second-order valence-electron chi connectivity index (χ2n) is 5.94. The number of guanidine groups is 1. The third kappa shape index (κ3) is 3.60. The minimum atomic E-state index is 0.366. The van der Waals surface area contributed by atoms with Crippen molar-refractivity contribution in [3.05, 3.63) is 0 Å². The summed E-state index contributed by atoms with van der Waals surface area (Å²) in [6.45, 7) is 4.20. The Balaban J connectivity index is 1.39. The zero-order valence-corrected chi connectivity index (χ0v) is 11.9. The first-order valence-corrected chi connectivity index (χ1v) is 7.68. The van der Waals surface area contributed by atoms with Crippen molar-refractivity contribution >= 4 is 5.96 Å². The van der Waals surface area contributed by atoms with E-state index in [9.17, 15) is 0 Å². The Kier molecular flexibility index (Phi) is 4.23. The summed E-state index contributed by atoms with van der Waals surface area (Å²) in [5, 5.41) is 6.94. The fourth-order valence-electron chi connectivity index (χ4n) is 3.08. The molecule has 19 heavy (non-hydrogen) atoms. The number of hydrogen-bond donors (Lipinski definition) is 2. The van der Waals surface area contributed by atoms with Crippen LogP contribution in [0.25, 0.3) is 0 Å². The maximum Gasteiger partial charge on any atom is 0.191 e. The van der Waals surface area contributed by atoms with Gasteiger partial charge in [-0.3, -0.25) is 9.89 Å². The molecule has 1 aliphatic carbocycles. The molecule has 5 nitrogen and oxygen atoms in total. The molecular formula is C14H26N4O. The van der Waals surface area contributed by atoms with Gasteiger partial charge in [-0.05, 0) is 32.1 Å². The van der Waals surface area contributed by atoms with Gasteiger partial charge in [0.25, 0.3) is 0 Å². The maximum absolute atomic E-state index is 5.62. The van der Waals surface area contributed by atoms with Crippen LogP contribution in [0.1, 0.15) is 32.1 Å². The average molecular weight is 266 g/mol. The van der Waals surface area contributed by atoms with Gasteiger partial charge in [0.2, 0.25) is 0 Å². The molecule has 2 saturated heterocycles. The number of hydrogen-bond acceptors (Lipinski definition) is 3. The van der Waals surface area contributed by atoms with Crippen molar-refractivity contribution in [2.45, 2.75) is 50.3 Å². The molecule has 0 aromatic heterocycles. The van der Waals surface area contributed by atoms with Gasteiger partial charge in [-0.1, -0.05) is 0 Å². The van der Waals surface area contributed by atoms with Crippen LogP contribution < -0.4 is 10.6 Å². The summed E-state index contributed by atoms with van der Waals surface area (Å²) in [7, 11) is 1.85. The van der Waals surface area contributed by atoms with Crippen molar-refractivity contribution in [3.63, 3.8) is 0 Å². The fraction of sp³-hybridized carbons (Fsp3) is 0.929. The van der Waals surface area contributed by atoms with E-state index in [1.165, 1.54) is 45.2 Å². The highest BCUT2D eigenvalue weighted by Gasteiger charge is 2.34. The van der Waals surface area contributed by atoms with E-state index in [0.29, 0.717) is 12.1 Å². The Labute approximate surface area is 115 Å². The van der Waals surface area contributed by atoms with Crippen LogP contribution in [0.2, 0.25) is 0 Å². The zero-order chi connectivity index (χ0) is 13.1. The lowest BCUT2D eigenvalue weighted by atomic mass is 10.2. The molecule has 0 spiro atoms. The number of aliphatic imine (C=N–C) groups is 1. The quantitative estimate of drug-likeness (QED) is 0.577. The lowest BCUT2D eigenvalue weighted by molar-refractivity contribution is 0.113. The van der Waals surface area contributed by atoms with Crippen molar-refractivity contribution in [1.82, 2.24) is 15.5 Å². The number of likely N-dealkylation sites (tertiary alicyclic amines) is 1. The predicted molar refractivity (Wildman–Crippen MR) is 76.5 cm³/mol. The molecule has 2 heterocycles. The minimum absolute atomic E-state index is 0.366. The summed E-state index contributed by atoms with van der Waals surface area (Å²) in [5.74, 6) is 0.929. The summed E-state index contributed by atoms with van der Waals surface area (Å²) in [6.07, 6.45) is 6.76. The summed E-state index contributed by atoms with van der Waals surface area (Å²) in [5.41, 5.74) is 0. The maximum atomic E-state index is 5.62. The van der Waals surface area contributed by atoms with Gasteiger partial charge in [0, 0.05) is 45.4 Å². The van der Waals surface area contributed by atoms with Gasteiger partial charge in [-0.25, -0.2) is 0 Å². The highest BCUT2D eigenvalue weighted by atomic mass is 16.5. The Hall–Kier alpha value is -0.810. The van der Waals surface area contributed by atoms with E-state index < -0.39 is 0 Å². The van der Waals surface area contributed by atoms with Crippen LogP contribution in [-0.2, 0) is 4.74 Å². The smallest absolute Gasteiger partial charge is 0.191 e. The molecule has 0 radical (unpaired) electrons. The molecule has 0 aromatic rings. The van der Waals surface area contributed by atoms with Gasteiger partial charge in [-0.15, -0.1) is 0 Å². The second kappa shape index (κ2) is 6.09. The van der Waals surface area contributed by atoms with E-state index in [1.54, 1.807) is 0 Å². The monoisotopic (exact) mass is 266 g/mol. The molecule has 108 valence electrons. The molecular weight excluding hydrogens is 240 g/mol. The molecule has 3 aliphatic rings. The van der Waals surface area contributed by atoms with Crippen LogP contribution in [-0.4, -0.2) is 62.3 Å². The third-order valence-corrected chi connectivity index (χ3v) is 4.37. The molecule has 0 aromatic carbocycles. The number of ether oxygens (including phenoxy) is 1. The Morgan fingerprint density at radius 2 is 2.21 bits per heavy atom. The van der Waals surface area contributed by atoms with Crippen molar-refractivity contribution in [2.75, 3.05) is 33.3 Å². The van der Waals surface area contributed by atoms with Crippen molar-refractivity contribution < 1.29 is 4.74 Å². The molecule has 2 unspecified atom stereocenters. The van der Waals surface area contributed by atoms with E-state index >= 15 is 0 Å². The van der Waals surface area contributed by atoms with Crippen LogP contribution in [0, 0.1) is 0 Å². The van der Waals surface area contributed by atoms with Gasteiger partial charge >= 0.3 is 0 Å². The number of nitrogens with zero attached hydrogens (tertiary/aromatic N) is 2. The first kappa shape index (κ1) is 13.2. The normalized spacial score (nSPS) is 32.8. The average Bonchev–Trinajstić information content (AvgIpc) is 2.96. The van der Waals surface area contributed by atoms with Gasteiger partial charge < -0.3 is 15.4 Å². The predicted octanol–water partition coefficient (Wildman–Crippen LogP) is 0.567. The van der Waals surface area contributed by atoms with Crippen molar-refractivity contribution in [2.24, 2.45) is 4.99 Å². The molecule has 0 bridgehead atoms. The largest absolute Gasteiger partial charge is 0.376 e. The van der Waals surface area contributed by atoms with Gasteiger partial charge in [0.05, 0.1) is 6.10 Å². The number of rotatable bonds is 4. The van der Waals surface area contributed by atoms with Crippen LogP contribution in [0.15, 0.2) is 4.99 Å². The lowest BCUT2D eigenvalue weighted by Gasteiger charge is -2.19. The van der Waals surface area contributed by atoms with E-state index in [2.05, 4.69) is 20.5 Å². The molecule has 2 aliphatic heterocycles. The van der Waals surface area contributed by atoms with Gasteiger partial charge in [0.1, 0.15) is 0 Å². The third-order valence-electron chi connectivity index (χ3n) is 4.37. The summed E-state index contributed by atoms with van der Waals surface area (Å²) in [4.78, 5) is 6.93. The fourth-order valence-corrected chi connectivity index (χ4v) is 3.08. The van der Waals surface area contributed by atoms with Crippen LogP contribution >= 0.6 is 0 Å². The van der Waals surface area contributed by atoms with E-state index in [4.69, 9.17) is 4.74 Å². The van der Waals surface area contributed by atoms with Crippen molar-refractivity contribution in [1.29, 1.82) is 0 Å². The standard InChI is InChI=1S/C14H26N4O/c1-15-14(16-9-13-3-2-8-19-13)17-11-6-7-18(10-11)12-4-5-12/h11-13H,2-10H2,1H3,(H2,15,16,17). The molecule has 5 heteroatoms. The van der Waals surface area contributed by atoms with Gasteiger partial charge in [0.15, 0.2) is 5.96 Å². The van der Waals surface area contributed by atoms with E-state index in [1.807, 2.05) is 7.05 Å². The van der Waals surface area contributed by atoms with Gasteiger partial charge in [-0.2, -0.15) is 0 Å². The Bertz CT molecular complexity index is 323. The molecule has 3 rings (SSSR count). The number of nitrogens with one attached hydrogen (secondary N) is 2. The topological polar surface area (TPSA) is 48.9 Å². The Morgan fingerprint density at radius 1 is 1.32 bits per heavy atom. The van der Waals surface area contributed by atoms with Crippen LogP contribution in [0.4, 0.5) is 0 Å². The zero-order valence-electron chi connectivity index (χ0n) is 11.9. The second-order valence-corrected chi connectivity index (χ2v) is 5.94. The molecule has 2 atom stereocenters. The lowest BCUT2D eigenvalue weighted by Crippen LogP contribution is -2.46. The van der Waals surface area contributed by atoms with Crippen LogP contribution in [0.5, 0.6) is 0 Å². The summed E-state index contributed by atoms with van der Waals surface area (Å²) in [6, 6.07) is 1.44. The SMILES string of the molecule is CN=C(NCC1CCCO1)NC1CCN(C2CC2)C1. The minimum Gasteiger partial charge on any atom is -0.376 e.